The highest BCUT2D eigenvalue weighted by molar-refractivity contribution is 5.59. The van der Waals surface area contributed by atoms with E-state index in [1.807, 2.05) is 13.8 Å². The van der Waals surface area contributed by atoms with Gasteiger partial charge in [0.25, 0.3) is 0 Å². The van der Waals surface area contributed by atoms with Crippen LogP contribution in [-0.2, 0) is 6.42 Å². The van der Waals surface area contributed by atoms with Crippen LogP contribution in [0.1, 0.15) is 24.1 Å². The smallest absolute Gasteiger partial charge is 0.194 e. The lowest BCUT2D eigenvalue weighted by atomic mass is 10.1. The lowest BCUT2D eigenvalue weighted by molar-refractivity contribution is 0.513. The summed E-state index contributed by atoms with van der Waals surface area (Å²) in [5, 5.41) is 0. The summed E-state index contributed by atoms with van der Waals surface area (Å²) in [6.45, 7) is 6.11. The van der Waals surface area contributed by atoms with Crippen molar-refractivity contribution in [1.29, 1.82) is 0 Å². The van der Waals surface area contributed by atoms with Crippen molar-refractivity contribution in [3.8, 4) is 11.3 Å². The standard InChI is InChI=1S/C13H15NO/c1-4-12-14-10(3)13(15-12)11-7-5-9(2)6-8-11/h5-8H,4H2,1-3H3. The minimum absolute atomic E-state index is 0.808. The maximum absolute atomic E-state index is 5.68. The Labute approximate surface area is 90.0 Å². The Kier molecular flexibility index (Phi) is 2.58. The molecule has 0 aliphatic rings. The second-order valence-corrected chi connectivity index (χ2v) is 3.74. The van der Waals surface area contributed by atoms with Gasteiger partial charge in [0.1, 0.15) is 0 Å². The minimum Gasteiger partial charge on any atom is -0.440 e. The van der Waals surface area contributed by atoms with Crippen LogP contribution in [0, 0.1) is 13.8 Å². The molecule has 1 heterocycles. The molecule has 1 aromatic carbocycles. The van der Waals surface area contributed by atoms with Crippen LogP contribution in [0.25, 0.3) is 11.3 Å². The van der Waals surface area contributed by atoms with E-state index in [4.69, 9.17) is 4.42 Å². The molecule has 0 bridgehead atoms. The molecule has 2 rings (SSSR count). The van der Waals surface area contributed by atoms with Crippen molar-refractivity contribution in [2.45, 2.75) is 27.2 Å². The van der Waals surface area contributed by atoms with Crippen molar-refractivity contribution in [2.75, 3.05) is 0 Å². The Morgan fingerprint density at radius 2 is 1.80 bits per heavy atom. The molecule has 0 aliphatic carbocycles. The Morgan fingerprint density at radius 3 is 2.33 bits per heavy atom. The van der Waals surface area contributed by atoms with Gasteiger partial charge in [0.15, 0.2) is 11.7 Å². The molecule has 0 saturated heterocycles. The predicted octanol–water partition coefficient (Wildman–Crippen LogP) is 3.52. The molecule has 0 aliphatic heterocycles. The van der Waals surface area contributed by atoms with Gasteiger partial charge in [0.05, 0.1) is 5.69 Å². The average Bonchev–Trinajstić information content (AvgIpc) is 2.61. The number of aromatic nitrogens is 1. The van der Waals surface area contributed by atoms with Gasteiger partial charge in [-0.25, -0.2) is 4.98 Å². The fourth-order valence-corrected chi connectivity index (χ4v) is 1.58. The van der Waals surface area contributed by atoms with Gasteiger partial charge in [-0.3, -0.25) is 0 Å². The van der Waals surface area contributed by atoms with Gasteiger partial charge in [-0.2, -0.15) is 0 Å². The molecule has 78 valence electrons. The van der Waals surface area contributed by atoms with Crippen molar-refractivity contribution in [3.05, 3.63) is 41.4 Å². The molecule has 2 nitrogen and oxygen atoms in total. The molecule has 0 atom stereocenters. The molecule has 2 heteroatoms. The molecular formula is C13H15NO. The number of aryl methyl sites for hydroxylation is 3. The molecule has 1 aromatic heterocycles. The number of oxazole rings is 1. The average molecular weight is 201 g/mol. The molecule has 0 unspecified atom stereocenters. The fraction of sp³-hybridized carbons (Fsp3) is 0.308. The number of benzene rings is 1. The first kappa shape index (κ1) is 9.97. The zero-order valence-corrected chi connectivity index (χ0v) is 9.37. The summed E-state index contributed by atoms with van der Waals surface area (Å²) in [7, 11) is 0. The first-order valence-corrected chi connectivity index (χ1v) is 5.24. The third-order valence-corrected chi connectivity index (χ3v) is 2.46. The molecule has 0 spiro atoms. The summed E-state index contributed by atoms with van der Waals surface area (Å²) in [6, 6.07) is 8.32. The summed E-state index contributed by atoms with van der Waals surface area (Å²) < 4.78 is 5.68. The second-order valence-electron chi connectivity index (χ2n) is 3.74. The van der Waals surface area contributed by atoms with Crippen molar-refractivity contribution in [1.82, 2.24) is 4.98 Å². The van der Waals surface area contributed by atoms with E-state index >= 15 is 0 Å². The Bertz CT molecular complexity index is 454. The zero-order valence-electron chi connectivity index (χ0n) is 9.37. The SMILES string of the molecule is CCc1nc(C)c(-c2ccc(C)cc2)o1. The largest absolute Gasteiger partial charge is 0.440 e. The predicted molar refractivity (Wildman–Crippen MR) is 60.8 cm³/mol. The zero-order chi connectivity index (χ0) is 10.8. The number of rotatable bonds is 2. The summed E-state index contributed by atoms with van der Waals surface area (Å²) in [6.07, 6.45) is 0.840. The van der Waals surface area contributed by atoms with Crippen LogP contribution in [0.2, 0.25) is 0 Å². The van der Waals surface area contributed by atoms with E-state index in [-0.39, 0.29) is 0 Å². The van der Waals surface area contributed by atoms with E-state index in [0.29, 0.717) is 0 Å². The minimum atomic E-state index is 0.808. The Morgan fingerprint density at radius 1 is 1.13 bits per heavy atom. The lowest BCUT2D eigenvalue weighted by Gasteiger charge is -1.98. The molecule has 0 fully saturated rings. The molecule has 0 amide bonds. The first-order valence-electron chi connectivity index (χ1n) is 5.24. The topological polar surface area (TPSA) is 26.0 Å². The summed E-state index contributed by atoms with van der Waals surface area (Å²) in [4.78, 5) is 4.36. The molecule has 0 N–H and O–H groups in total. The summed E-state index contributed by atoms with van der Waals surface area (Å²) >= 11 is 0. The number of hydrogen-bond donors (Lipinski definition) is 0. The first-order chi connectivity index (χ1) is 7.20. The van der Waals surface area contributed by atoms with E-state index in [2.05, 4.69) is 36.2 Å². The monoisotopic (exact) mass is 201 g/mol. The van der Waals surface area contributed by atoms with Crippen LogP contribution in [0.5, 0.6) is 0 Å². The van der Waals surface area contributed by atoms with E-state index in [9.17, 15) is 0 Å². The van der Waals surface area contributed by atoms with E-state index < -0.39 is 0 Å². The van der Waals surface area contributed by atoms with Crippen molar-refractivity contribution in [2.24, 2.45) is 0 Å². The van der Waals surface area contributed by atoms with Gasteiger partial charge in [-0.1, -0.05) is 36.8 Å². The third kappa shape index (κ3) is 1.94. The summed E-state index contributed by atoms with van der Waals surface area (Å²) in [5.41, 5.74) is 3.33. The van der Waals surface area contributed by atoms with Crippen LogP contribution in [0.15, 0.2) is 28.7 Å². The Balaban J connectivity index is 2.44. The molecule has 2 aromatic rings. The van der Waals surface area contributed by atoms with Crippen molar-refractivity contribution >= 4 is 0 Å². The molecule has 15 heavy (non-hydrogen) atoms. The highest BCUT2D eigenvalue weighted by atomic mass is 16.4. The fourth-order valence-electron chi connectivity index (χ4n) is 1.58. The third-order valence-electron chi connectivity index (χ3n) is 2.46. The molecular weight excluding hydrogens is 186 g/mol. The Hall–Kier alpha value is -1.57. The van der Waals surface area contributed by atoms with E-state index in [1.54, 1.807) is 0 Å². The van der Waals surface area contributed by atoms with Crippen LogP contribution in [-0.4, -0.2) is 4.98 Å². The van der Waals surface area contributed by atoms with Gasteiger partial charge in [0.2, 0.25) is 0 Å². The van der Waals surface area contributed by atoms with E-state index in [0.717, 1.165) is 29.3 Å². The van der Waals surface area contributed by atoms with Gasteiger partial charge >= 0.3 is 0 Å². The summed E-state index contributed by atoms with van der Waals surface area (Å²) in [5.74, 6) is 1.70. The van der Waals surface area contributed by atoms with Crippen LogP contribution in [0.3, 0.4) is 0 Å². The molecule has 0 saturated carbocycles. The van der Waals surface area contributed by atoms with Crippen LogP contribution < -0.4 is 0 Å². The van der Waals surface area contributed by atoms with Crippen LogP contribution >= 0.6 is 0 Å². The molecule has 0 radical (unpaired) electrons. The quantitative estimate of drug-likeness (QED) is 0.743. The van der Waals surface area contributed by atoms with Gasteiger partial charge in [-0.15, -0.1) is 0 Å². The van der Waals surface area contributed by atoms with Gasteiger partial charge in [-0.05, 0) is 13.8 Å². The second kappa shape index (κ2) is 3.89. The van der Waals surface area contributed by atoms with Gasteiger partial charge in [0, 0.05) is 12.0 Å². The maximum atomic E-state index is 5.68. The van der Waals surface area contributed by atoms with E-state index in [1.165, 1.54) is 5.56 Å². The maximum Gasteiger partial charge on any atom is 0.194 e. The van der Waals surface area contributed by atoms with Gasteiger partial charge < -0.3 is 4.42 Å². The number of hydrogen-bond acceptors (Lipinski definition) is 2. The van der Waals surface area contributed by atoms with Crippen molar-refractivity contribution < 1.29 is 4.42 Å². The van der Waals surface area contributed by atoms with Crippen molar-refractivity contribution in [3.63, 3.8) is 0 Å². The van der Waals surface area contributed by atoms with Crippen LogP contribution in [0.4, 0.5) is 0 Å². The normalized spacial score (nSPS) is 10.6. The number of nitrogens with zero attached hydrogens (tertiary/aromatic N) is 1. The highest BCUT2D eigenvalue weighted by Crippen LogP contribution is 2.24. The lowest BCUT2D eigenvalue weighted by Crippen LogP contribution is -1.79. The highest BCUT2D eigenvalue weighted by Gasteiger charge is 2.09.